The number of benzene rings is 2. The van der Waals surface area contributed by atoms with E-state index >= 15 is 0 Å². The van der Waals surface area contributed by atoms with Gasteiger partial charge >= 0.3 is 0 Å². The van der Waals surface area contributed by atoms with Gasteiger partial charge in [-0.2, -0.15) is 0 Å². The molecule has 30 heavy (non-hydrogen) atoms. The number of amides is 1. The molecule has 2 atom stereocenters. The van der Waals surface area contributed by atoms with Crippen LogP contribution in [0.15, 0.2) is 54.6 Å². The summed E-state index contributed by atoms with van der Waals surface area (Å²) in [5, 5.41) is 8.95. The molecule has 1 aromatic heterocycles. The number of hydrogen-bond acceptors (Lipinski definition) is 4. The molecule has 1 fully saturated rings. The first-order valence-electron chi connectivity index (χ1n) is 10.6. The lowest BCUT2D eigenvalue weighted by atomic mass is 10.1. The third-order valence-corrected chi connectivity index (χ3v) is 6.38. The zero-order valence-electron chi connectivity index (χ0n) is 17.2. The summed E-state index contributed by atoms with van der Waals surface area (Å²) in [5.41, 5.74) is 2.15. The van der Waals surface area contributed by atoms with E-state index in [4.69, 9.17) is 4.74 Å². The predicted octanol–water partition coefficient (Wildman–Crippen LogP) is 3.50. The van der Waals surface area contributed by atoms with E-state index < -0.39 is 0 Å². The Morgan fingerprint density at radius 2 is 1.80 bits per heavy atom. The van der Waals surface area contributed by atoms with Gasteiger partial charge in [-0.25, -0.2) is 0 Å². The molecular weight excluding hydrogens is 376 g/mol. The van der Waals surface area contributed by atoms with Crippen LogP contribution in [0.25, 0.3) is 11.4 Å². The Morgan fingerprint density at radius 1 is 1.03 bits per heavy atom. The minimum Gasteiger partial charge on any atom is -0.496 e. The van der Waals surface area contributed by atoms with Crippen molar-refractivity contribution in [1.29, 1.82) is 0 Å². The molecule has 2 aromatic carbocycles. The van der Waals surface area contributed by atoms with Crippen LogP contribution < -0.4 is 4.74 Å². The van der Waals surface area contributed by atoms with Gasteiger partial charge < -0.3 is 14.2 Å². The molecule has 1 amide bonds. The van der Waals surface area contributed by atoms with Crippen molar-refractivity contribution in [3.8, 4) is 17.1 Å². The lowest BCUT2D eigenvalue weighted by Crippen LogP contribution is -2.42. The molecule has 2 aliphatic heterocycles. The Labute approximate surface area is 176 Å². The maximum Gasteiger partial charge on any atom is 0.223 e. The first-order chi connectivity index (χ1) is 14.7. The molecule has 0 saturated carbocycles. The molecular formula is C24H26N4O2. The van der Waals surface area contributed by atoms with E-state index in [9.17, 15) is 4.79 Å². The van der Waals surface area contributed by atoms with Gasteiger partial charge in [-0.3, -0.25) is 4.79 Å². The maximum atomic E-state index is 13.3. The van der Waals surface area contributed by atoms with Crippen LogP contribution in [0.2, 0.25) is 0 Å². The quantitative estimate of drug-likeness (QED) is 0.655. The van der Waals surface area contributed by atoms with Crippen LogP contribution in [0.4, 0.5) is 0 Å². The number of ether oxygens (including phenoxy) is 1. The second-order valence-corrected chi connectivity index (χ2v) is 8.12. The van der Waals surface area contributed by atoms with Crippen LogP contribution >= 0.6 is 0 Å². The molecule has 3 heterocycles. The van der Waals surface area contributed by atoms with Gasteiger partial charge in [0, 0.05) is 31.0 Å². The van der Waals surface area contributed by atoms with Crippen LogP contribution in [0.3, 0.4) is 0 Å². The molecule has 2 aliphatic rings. The van der Waals surface area contributed by atoms with E-state index in [0.717, 1.165) is 54.3 Å². The highest BCUT2D eigenvalue weighted by atomic mass is 16.5. The normalized spacial score (nSPS) is 20.0. The fraction of sp³-hybridized carbons (Fsp3) is 0.375. The Balaban J connectivity index is 1.34. The SMILES string of the molecule is COc1ccccc1CCC(=O)N1[C@@H]2CC[C@H]1Cc1nnc(-c3ccccc3)n1C2. The molecule has 6 nitrogen and oxygen atoms in total. The number of carbonyl (C=O) groups excluding carboxylic acids is 1. The first kappa shape index (κ1) is 18.9. The van der Waals surface area contributed by atoms with Gasteiger partial charge in [0.15, 0.2) is 5.82 Å². The summed E-state index contributed by atoms with van der Waals surface area (Å²) in [4.78, 5) is 15.4. The van der Waals surface area contributed by atoms with Crippen LogP contribution in [-0.2, 0) is 24.2 Å². The molecule has 0 unspecified atom stereocenters. The number of methoxy groups -OCH3 is 1. The molecule has 0 spiro atoms. The number of fused-ring (bicyclic) bond motifs is 3. The molecule has 5 rings (SSSR count). The monoisotopic (exact) mass is 402 g/mol. The van der Waals surface area contributed by atoms with E-state index in [2.05, 4.69) is 31.8 Å². The number of hydrogen-bond donors (Lipinski definition) is 0. The third-order valence-electron chi connectivity index (χ3n) is 6.38. The van der Waals surface area contributed by atoms with Gasteiger partial charge in [0.25, 0.3) is 0 Å². The number of aromatic nitrogens is 3. The minimum absolute atomic E-state index is 0.208. The largest absolute Gasteiger partial charge is 0.496 e. The Morgan fingerprint density at radius 3 is 2.63 bits per heavy atom. The Bertz CT molecular complexity index is 1050. The van der Waals surface area contributed by atoms with Crippen molar-refractivity contribution in [3.05, 3.63) is 66.0 Å². The molecule has 2 bridgehead atoms. The van der Waals surface area contributed by atoms with E-state index in [1.165, 1.54) is 0 Å². The zero-order valence-corrected chi connectivity index (χ0v) is 17.2. The number of nitrogens with zero attached hydrogens (tertiary/aromatic N) is 4. The highest BCUT2D eigenvalue weighted by Gasteiger charge is 2.40. The van der Waals surface area contributed by atoms with Gasteiger partial charge in [-0.15, -0.1) is 10.2 Å². The fourth-order valence-electron chi connectivity index (χ4n) is 4.93. The van der Waals surface area contributed by atoms with Crippen molar-refractivity contribution in [2.45, 2.75) is 50.7 Å². The zero-order chi connectivity index (χ0) is 20.5. The summed E-state index contributed by atoms with van der Waals surface area (Å²) in [5.74, 6) is 2.97. The van der Waals surface area contributed by atoms with Crippen molar-refractivity contribution in [3.63, 3.8) is 0 Å². The summed E-state index contributed by atoms with van der Waals surface area (Å²) in [6.07, 6.45) is 4.05. The van der Waals surface area contributed by atoms with E-state index in [1.54, 1.807) is 7.11 Å². The summed E-state index contributed by atoms with van der Waals surface area (Å²) in [6.45, 7) is 0.767. The summed E-state index contributed by atoms with van der Waals surface area (Å²) in [6, 6.07) is 18.5. The van der Waals surface area contributed by atoms with Crippen molar-refractivity contribution in [2.24, 2.45) is 0 Å². The van der Waals surface area contributed by atoms with Gasteiger partial charge in [-0.05, 0) is 30.9 Å². The van der Waals surface area contributed by atoms with Crippen LogP contribution in [-0.4, -0.2) is 44.8 Å². The molecule has 1 saturated heterocycles. The number of rotatable bonds is 5. The van der Waals surface area contributed by atoms with Crippen LogP contribution in [0.5, 0.6) is 5.75 Å². The predicted molar refractivity (Wildman–Crippen MR) is 114 cm³/mol. The molecule has 3 aromatic rings. The lowest BCUT2D eigenvalue weighted by molar-refractivity contribution is -0.134. The van der Waals surface area contributed by atoms with Gasteiger partial charge in [0.2, 0.25) is 5.91 Å². The summed E-state index contributed by atoms with van der Waals surface area (Å²) >= 11 is 0. The van der Waals surface area contributed by atoms with E-state index in [-0.39, 0.29) is 18.0 Å². The average Bonchev–Trinajstić information content (AvgIpc) is 3.32. The van der Waals surface area contributed by atoms with Crippen LogP contribution in [0.1, 0.15) is 30.7 Å². The highest BCUT2D eigenvalue weighted by molar-refractivity contribution is 5.77. The van der Waals surface area contributed by atoms with Gasteiger partial charge in [0.05, 0.1) is 13.2 Å². The Kier molecular flexibility index (Phi) is 4.99. The number of para-hydroxylation sites is 1. The topological polar surface area (TPSA) is 60.2 Å². The van der Waals surface area contributed by atoms with Crippen molar-refractivity contribution in [2.75, 3.05) is 7.11 Å². The highest BCUT2D eigenvalue weighted by Crippen LogP contribution is 2.34. The van der Waals surface area contributed by atoms with Crippen molar-refractivity contribution >= 4 is 5.91 Å². The second-order valence-electron chi connectivity index (χ2n) is 8.12. The third kappa shape index (κ3) is 3.36. The van der Waals surface area contributed by atoms with E-state index in [0.29, 0.717) is 12.8 Å². The first-order valence-corrected chi connectivity index (χ1v) is 10.6. The summed E-state index contributed by atoms with van der Waals surface area (Å²) < 4.78 is 7.66. The van der Waals surface area contributed by atoms with Crippen molar-refractivity contribution < 1.29 is 9.53 Å². The molecule has 0 N–H and O–H groups in total. The molecule has 0 radical (unpaired) electrons. The number of aryl methyl sites for hydroxylation is 1. The van der Waals surface area contributed by atoms with Crippen molar-refractivity contribution in [1.82, 2.24) is 19.7 Å². The fourth-order valence-corrected chi connectivity index (χ4v) is 4.93. The average molecular weight is 402 g/mol. The molecule has 0 aliphatic carbocycles. The second kappa shape index (κ2) is 7.94. The van der Waals surface area contributed by atoms with Gasteiger partial charge in [-0.1, -0.05) is 48.5 Å². The van der Waals surface area contributed by atoms with Gasteiger partial charge in [0.1, 0.15) is 11.6 Å². The minimum atomic E-state index is 0.208. The lowest BCUT2D eigenvalue weighted by Gasteiger charge is -2.28. The number of carbonyl (C=O) groups is 1. The standard InChI is InChI=1S/C24H26N4O2/c1-30-21-10-6-5-7-17(21)11-14-23(29)28-19-12-13-20(28)16-27-22(15-19)25-26-24(27)18-8-3-2-4-9-18/h2-10,19-20H,11-16H2,1H3/t19-,20+/m0/s1. The van der Waals surface area contributed by atoms with Crippen LogP contribution in [0, 0.1) is 0 Å². The molecule has 154 valence electrons. The molecule has 6 heteroatoms. The summed E-state index contributed by atoms with van der Waals surface area (Å²) in [7, 11) is 1.68. The van der Waals surface area contributed by atoms with E-state index in [1.807, 2.05) is 42.5 Å². The Hall–Kier alpha value is -3.15. The maximum absolute atomic E-state index is 13.3. The smallest absolute Gasteiger partial charge is 0.223 e.